The highest BCUT2D eigenvalue weighted by molar-refractivity contribution is 7.92. The molecule has 1 atom stereocenters. The van der Waals surface area contributed by atoms with Crippen molar-refractivity contribution in [1.82, 2.24) is 9.78 Å². The Bertz CT molecular complexity index is 1580. The first-order chi connectivity index (χ1) is 17.1. The lowest BCUT2D eigenvalue weighted by Crippen LogP contribution is -2.35. The minimum Gasteiger partial charge on any atom is -0.505 e. The van der Waals surface area contributed by atoms with E-state index in [9.17, 15) is 22.9 Å². The van der Waals surface area contributed by atoms with Crippen molar-refractivity contribution in [2.45, 2.75) is 25.8 Å². The van der Waals surface area contributed by atoms with Gasteiger partial charge in [-0.15, -0.1) is 0 Å². The van der Waals surface area contributed by atoms with Crippen LogP contribution in [0.5, 0.6) is 5.75 Å². The SMILES string of the molecule is COP1(=O)N=C(c2c(O)c(-c3ccsc3)nn(CCC3CC3)c2=O)Nc2ccc(NS(C)(=O)=O)cc21. The van der Waals surface area contributed by atoms with Crippen LogP contribution in [0, 0.1) is 5.92 Å². The normalized spacial score (nSPS) is 19.3. The molecular weight excluding hydrogens is 525 g/mol. The van der Waals surface area contributed by atoms with E-state index in [1.807, 2.05) is 10.8 Å². The van der Waals surface area contributed by atoms with Gasteiger partial charge >= 0.3 is 7.52 Å². The Hall–Kier alpha value is -2.99. The van der Waals surface area contributed by atoms with Gasteiger partial charge in [0.25, 0.3) is 5.56 Å². The van der Waals surface area contributed by atoms with E-state index in [0.29, 0.717) is 23.7 Å². The highest BCUT2D eigenvalue weighted by Crippen LogP contribution is 2.52. The van der Waals surface area contributed by atoms with E-state index >= 15 is 0 Å². The van der Waals surface area contributed by atoms with Gasteiger partial charge in [-0.3, -0.25) is 14.1 Å². The number of sulfonamides is 1. The number of hydrogen-bond acceptors (Lipinski definition) is 9. The maximum absolute atomic E-state index is 13.7. The molecule has 14 heteroatoms. The number of anilines is 2. The van der Waals surface area contributed by atoms with Crippen molar-refractivity contribution in [3.05, 3.63) is 50.9 Å². The topological polar surface area (TPSA) is 152 Å². The smallest absolute Gasteiger partial charge is 0.348 e. The highest BCUT2D eigenvalue weighted by atomic mass is 32.2. The highest BCUT2D eigenvalue weighted by Gasteiger charge is 2.36. The lowest BCUT2D eigenvalue weighted by atomic mass is 10.1. The van der Waals surface area contributed by atoms with Gasteiger partial charge in [0.2, 0.25) is 10.0 Å². The summed E-state index contributed by atoms with van der Waals surface area (Å²) in [5, 5.41) is 22.3. The number of aryl methyl sites for hydroxylation is 1. The second kappa shape index (κ2) is 9.15. The summed E-state index contributed by atoms with van der Waals surface area (Å²) in [6.45, 7) is 0.375. The lowest BCUT2D eigenvalue weighted by Gasteiger charge is -2.25. The standard InChI is InChI=1S/C22H24N5O6PS2/c1-33-34(30)17-11-15(26-36(2,31)32)5-6-16(17)23-21(25-34)18-20(28)19(14-8-10-35-12-14)24-27(22(18)29)9-7-13-3-4-13/h5-6,8,10-13,26,28H,3-4,7,9H2,1-2H3,(H,23,25,30). The van der Waals surface area contributed by atoms with E-state index in [1.54, 1.807) is 6.07 Å². The average molecular weight is 550 g/mol. The number of aromatic nitrogens is 2. The van der Waals surface area contributed by atoms with E-state index in [0.717, 1.165) is 25.5 Å². The zero-order chi connectivity index (χ0) is 25.7. The van der Waals surface area contributed by atoms with Crippen LogP contribution in [0.4, 0.5) is 11.4 Å². The zero-order valence-electron chi connectivity index (χ0n) is 19.5. The summed E-state index contributed by atoms with van der Waals surface area (Å²) < 4.78 is 50.2. The van der Waals surface area contributed by atoms with Gasteiger partial charge in [-0.25, -0.2) is 13.1 Å². The van der Waals surface area contributed by atoms with Crippen molar-refractivity contribution in [3.63, 3.8) is 0 Å². The van der Waals surface area contributed by atoms with Crippen molar-refractivity contribution in [1.29, 1.82) is 0 Å². The van der Waals surface area contributed by atoms with Gasteiger partial charge in [0.05, 0.1) is 17.2 Å². The Morgan fingerprint density at radius 1 is 1.33 bits per heavy atom. The van der Waals surface area contributed by atoms with Crippen molar-refractivity contribution in [2.24, 2.45) is 10.7 Å². The maximum atomic E-state index is 13.7. The third-order valence-corrected chi connectivity index (χ3v) is 9.17. The molecule has 11 nitrogen and oxygen atoms in total. The molecule has 0 radical (unpaired) electrons. The van der Waals surface area contributed by atoms with Gasteiger partial charge < -0.3 is 14.9 Å². The molecule has 3 N–H and O–H groups in total. The quantitative estimate of drug-likeness (QED) is 0.362. The Morgan fingerprint density at radius 2 is 2.11 bits per heavy atom. The molecule has 1 saturated carbocycles. The summed E-state index contributed by atoms with van der Waals surface area (Å²) in [6.07, 6.45) is 4.03. The number of aromatic hydroxyl groups is 1. The monoisotopic (exact) mass is 549 g/mol. The lowest BCUT2D eigenvalue weighted by molar-refractivity contribution is 0.404. The van der Waals surface area contributed by atoms with Crippen molar-refractivity contribution in [3.8, 4) is 17.0 Å². The van der Waals surface area contributed by atoms with Crippen LogP contribution >= 0.6 is 18.9 Å². The molecule has 1 fully saturated rings. The van der Waals surface area contributed by atoms with Crippen molar-refractivity contribution < 1.29 is 22.6 Å². The van der Waals surface area contributed by atoms with Crippen LogP contribution in [0.1, 0.15) is 24.8 Å². The van der Waals surface area contributed by atoms with Crippen LogP contribution in [0.2, 0.25) is 0 Å². The van der Waals surface area contributed by atoms with Gasteiger partial charge in [-0.1, -0.05) is 12.8 Å². The summed E-state index contributed by atoms with van der Waals surface area (Å²) in [4.78, 5) is 13.5. The molecule has 1 unspecified atom stereocenters. The molecular formula is C22H24N5O6PS2. The van der Waals surface area contributed by atoms with Crippen LogP contribution in [-0.2, 0) is 25.7 Å². The first-order valence-corrected chi connectivity index (χ1v) is 15.5. The number of nitrogens with zero attached hydrogens (tertiary/aromatic N) is 3. The third kappa shape index (κ3) is 4.83. The number of amidine groups is 1. The number of thiophene rings is 1. The van der Waals surface area contributed by atoms with E-state index < -0.39 is 23.1 Å². The molecule has 0 bridgehead atoms. The second-order valence-corrected chi connectivity index (χ2v) is 13.3. The van der Waals surface area contributed by atoms with Crippen LogP contribution in [0.25, 0.3) is 11.3 Å². The summed E-state index contributed by atoms with van der Waals surface area (Å²) in [6, 6.07) is 6.14. The molecule has 0 amide bonds. The molecule has 1 aliphatic heterocycles. The maximum Gasteiger partial charge on any atom is 0.348 e. The minimum atomic E-state index is -3.94. The van der Waals surface area contributed by atoms with E-state index in [2.05, 4.69) is 19.9 Å². The van der Waals surface area contributed by atoms with E-state index in [-0.39, 0.29) is 33.8 Å². The van der Waals surface area contributed by atoms with Gasteiger partial charge in [-0.2, -0.15) is 21.2 Å². The molecule has 3 aromatic rings. The molecule has 0 spiro atoms. The predicted molar refractivity (Wildman–Crippen MR) is 140 cm³/mol. The molecule has 5 rings (SSSR count). The van der Waals surface area contributed by atoms with Gasteiger partial charge in [0.1, 0.15) is 11.3 Å². The first kappa shape index (κ1) is 24.7. The van der Waals surface area contributed by atoms with Crippen molar-refractivity contribution in [2.75, 3.05) is 23.4 Å². The molecule has 190 valence electrons. The number of fused-ring (bicyclic) bond motifs is 1. The van der Waals surface area contributed by atoms with Crippen LogP contribution in [0.3, 0.4) is 0 Å². The van der Waals surface area contributed by atoms with Gasteiger partial charge in [0.15, 0.2) is 11.6 Å². The molecule has 1 aliphatic carbocycles. The van der Waals surface area contributed by atoms with E-state index in [4.69, 9.17) is 4.52 Å². The molecule has 36 heavy (non-hydrogen) atoms. The minimum absolute atomic E-state index is 0.113. The molecule has 2 aromatic heterocycles. The average Bonchev–Trinajstić information content (AvgIpc) is 3.49. The molecule has 1 aromatic carbocycles. The number of nitrogens with one attached hydrogen (secondary N) is 2. The molecule has 0 saturated heterocycles. The fourth-order valence-corrected chi connectivity index (χ4v) is 6.70. The van der Waals surface area contributed by atoms with E-state index in [1.165, 1.54) is 41.3 Å². The fourth-order valence-electron chi connectivity index (χ4n) is 3.97. The fraction of sp³-hybridized carbons (Fsp3) is 0.318. The summed E-state index contributed by atoms with van der Waals surface area (Å²) in [5.74, 6) is 0.0628. The first-order valence-electron chi connectivity index (χ1n) is 11.1. The zero-order valence-corrected chi connectivity index (χ0v) is 22.0. The predicted octanol–water partition coefficient (Wildman–Crippen LogP) is 3.19. The Kier molecular flexibility index (Phi) is 6.27. The Morgan fingerprint density at radius 3 is 2.75 bits per heavy atom. The Labute approximate surface area is 211 Å². The summed E-state index contributed by atoms with van der Waals surface area (Å²) >= 11 is 1.42. The second-order valence-electron chi connectivity index (χ2n) is 8.73. The van der Waals surface area contributed by atoms with Crippen LogP contribution < -0.4 is 20.9 Å². The number of hydrogen-bond donors (Lipinski definition) is 3. The van der Waals surface area contributed by atoms with Crippen LogP contribution in [-0.4, -0.2) is 42.5 Å². The number of benzene rings is 1. The third-order valence-electron chi connectivity index (χ3n) is 5.95. The van der Waals surface area contributed by atoms with Gasteiger partial charge in [0, 0.05) is 30.3 Å². The summed E-state index contributed by atoms with van der Waals surface area (Å²) in [7, 11) is -6.29. The Balaban J connectivity index is 1.64. The summed E-state index contributed by atoms with van der Waals surface area (Å²) in [5.41, 5.74) is 0.617. The molecule has 3 heterocycles. The van der Waals surface area contributed by atoms with Gasteiger partial charge in [-0.05, 0) is 42.0 Å². The largest absolute Gasteiger partial charge is 0.505 e. The molecule has 2 aliphatic rings. The number of rotatable bonds is 8. The van der Waals surface area contributed by atoms with Crippen molar-refractivity contribution >= 4 is 51.4 Å². The van der Waals surface area contributed by atoms with Crippen LogP contribution in [0.15, 0.2) is 44.6 Å².